The van der Waals surface area contributed by atoms with Crippen LogP contribution in [0, 0.1) is 6.85 Å². The molecule has 0 aliphatic heterocycles. The fraction of sp³-hybridized carbons (Fsp3) is 0.200. The molecule has 0 spiro atoms. The van der Waals surface area contributed by atoms with Crippen LogP contribution in [0.5, 0.6) is 0 Å². The summed E-state index contributed by atoms with van der Waals surface area (Å²) in [5.41, 5.74) is -0.167. The highest BCUT2D eigenvalue weighted by Gasteiger charge is 1.86. The molecular formula is C5H5BrS. The van der Waals surface area contributed by atoms with Crippen molar-refractivity contribution in [2.75, 3.05) is 0 Å². The minimum absolute atomic E-state index is 0.0631. The molecule has 0 aliphatic rings. The van der Waals surface area contributed by atoms with Crippen LogP contribution in [0.1, 0.15) is 12.4 Å². The summed E-state index contributed by atoms with van der Waals surface area (Å²) >= 11 is 3.98. The smallest absolute Gasteiger partial charge is 0.0743 e. The monoisotopic (exact) mass is 181 g/mol. The molecule has 0 amide bonds. The molecule has 0 saturated heterocycles. The van der Waals surface area contributed by atoms with Crippen LogP contribution in [-0.4, -0.2) is 0 Å². The fourth-order valence-electron chi connectivity index (χ4n) is 0.245. The zero-order valence-corrected chi connectivity index (χ0v) is 5.69. The Morgan fingerprint density at radius 3 is 3.29 bits per heavy atom. The van der Waals surface area contributed by atoms with Crippen LogP contribution in [0.3, 0.4) is 0 Å². The normalized spacial score (nSPS) is 21.6. The second-order valence-corrected chi connectivity index (χ2v) is 3.11. The lowest BCUT2D eigenvalue weighted by atomic mass is 10.4. The summed E-state index contributed by atoms with van der Waals surface area (Å²) in [5.74, 6) is 0. The van der Waals surface area contributed by atoms with Gasteiger partial charge in [-0.05, 0) is 39.7 Å². The maximum absolute atomic E-state index is 7.36. The van der Waals surface area contributed by atoms with Crippen molar-refractivity contribution < 1.29 is 6.85 Å². The molecule has 1 aromatic heterocycles. The fourth-order valence-corrected chi connectivity index (χ4v) is 1.08. The van der Waals surface area contributed by atoms with Gasteiger partial charge in [0.25, 0.3) is 0 Å². The summed E-state index contributed by atoms with van der Waals surface area (Å²) < 4.78 is 36.2. The lowest BCUT2D eigenvalue weighted by Crippen LogP contribution is -1.49. The first-order valence-corrected chi connectivity index (χ1v) is 3.21. The average molecular weight is 182 g/mol. The van der Waals surface area contributed by atoms with Gasteiger partial charge in [-0.3, -0.25) is 0 Å². The van der Waals surface area contributed by atoms with E-state index in [0.29, 0.717) is 3.79 Å². The summed E-state index contributed by atoms with van der Waals surface area (Å²) in [6, 6.07) is -0.0926. The largest absolute Gasteiger partial charge is 0.137 e. The minimum atomic E-state index is -2.35. The molecule has 0 atom stereocenters. The van der Waals surface area contributed by atoms with E-state index >= 15 is 0 Å². The lowest BCUT2D eigenvalue weighted by molar-refractivity contribution is 1.55. The Labute approximate surface area is 62.3 Å². The van der Waals surface area contributed by atoms with E-state index in [0.717, 1.165) is 11.3 Å². The van der Waals surface area contributed by atoms with Gasteiger partial charge >= 0.3 is 0 Å². The predicted molar refractivity (Wildman–Crippen MR) is 36.8 cm³/mol. The number of halogens is 1. The molecular weight excluding hydrogens is 172 g/mol. The zero-order chi connectivity index (χ0) is 9.52. The molecule has 0 unspecified atom stereocenters. The van der Waals surface area contributed by atoms with Gasteiger partial charge in [0, 0.05) is 4.11 Å². The first-order chi connectivity index (χ1) is 5.34. The number of rotatable bonds is 0. The first-order valence-electron chi connectivity index (χ1n) is 4.10. The highest BCUT2D eigenvalue weighted by molar-refractivity contribution is 9.11. The van der Waals surface area contributed by atoms with Crippen LogP contribution in [-0.2, 0) is 0 Å². The van der Waals surface area contributed by atoms with Crippen LogP contribution in [0.2, 0.25) is 0 Å². The van der Waals surface area contributed by atoms with Crippen molar-refractivity contribution in [1.29, 1.82) is 0 Å². The average Bonchev–Trinajstić information content (AvgIpc) is 2.05. The highest BCUT2D eigenvalue weighted by atomic mass is 79.9. The van der Waals surface area contributed by atoms with E-state index in [9.17, 15) is 0 Å². The Hall–Kier alpha value is 0.180. The molecule has 7 heavy (non-hydrogen) atoms. The highest BCUT2D eigenvalue weighted by Crippen LogP contribution is 2.19. The first kappa shape index (κ1) is 1.85. The van der Waals surface area contributed by atoms with Crippen molar-refractivity contribution in [3.8, 4) is 0 Å². The van der Waals surface area contributed by atoms with Crippen LogP contribution < -0.4 is 0 Å². The summed E-state index contributed by atoms with van der Waals surface area (Å²) in [7, 11) is 0. The van der Waals surface area contributed by atoms with Gasteiger partial charge in [-0.1, -0.05) is 0 Å². The SMILES string of the molecule is [2H]c1sc(Br)c([2H])c1C([2H])([2H])[2H]. The molecule has 1 heterocycles. The van der Waals surface area contributed by atoms with E-state index in [1.807, 2.05) is 0 Å². The van der Waals surface area contributed by atoms with Gasteiger partial charge in [-0.2, -0.15) is 0 Å². The van der Waals surface area contributed by atoms with Gasteiger partial charge in [0.2, 0.25) is 0 Å². The second-order valence-electron chi connectivity index (χ2n) is 0.978. The van der Waals surface area contributed by atoms with Crippen molar-refractivity contribution in [3.05, 3.63) is 20.7 Å². The molecule has 0 nitrogen and oxygen atoms in total. The Morgan fingerprint density at radius 2 is 3.00 bits per heavy atom. The number of hydrogen-bond acceptors (Lipinski definition) is 1. The van der Waals surface area contributed by atoms with E-state index in [1.54, 1.807) is 0 Å². The minimum Gasteiger partial charge on any atom is -0.137 e. The Balaban J connectivity index is 3.32. The Morgan fingerprint density at radius 1 is 2.14 bits per heavy atom. The molecule has 0 N–H and O–H groups in total. The summed E-state index contributed by atoms with van der Waals surface area (Å²) in [5, 5.41) is -0.0631. The summed E-state index contributed by atoms with van der Waals surface area (Å²) in [6.45, 7) is -2.35. The Kier molecular flexibility index (Phi) is 0.520. The molecule has 0 aromatic carbocycles. The molecule has 38 valence electrons. The van der Waals surface area contributed by atoms with E-state index in [4.69, 9.17) is 6.85 Å². The van der Waals surface area contributed by atoms with Crippen LogP contribution in [0.4, 0.5) is 0 Å². The third-order valence-electron chi connectivity index (χ3n) is 0.466. The van der Waals surface area contributed by atoms with E-state index in [1.165, 1.54) is 0 Å². The molecule has 1 aromatic rings. The van der Waals surface area contributed by atoms with E-state index < -0.39 is 6.85 Å². The van der Waals surface area contributed by atoms with Gasteiger partial charge in [-0.15, -0.1) is 11.3 Å². The van der Waals surface area contributed by atoms with Crippen molar-refractivity contribution >= 4 is 27.3 Å². The van der Waals surface area contributed by atoms with Crippen molar-refractivity contribution in [3.63, 3.8) is 0 Å². The lowest BCUT2D eigenvalue weighted by Gasteiger charge is -1.68. The number of hydrogen-bond donors (Lipinski definition) is 0. The number of thiophene rings is 1. The van der Waals surface area contributed by atoms with Gasteiger partial charge < -0.3 is 0 Å². The van der Waals surface area contributed by atoms with E-state index in [2.05, 4.69) is 15.9 Å². The van der Waals surface area contributed by atoms with E-state index in [-0.39, 0.29) is 17.0 Å². The molecule has 1 rings (SSSR count). The molecule has 0 bridgehead atoms. The molecule has 0 aliphatic carbocycles. The summed E-state index contributed by atoms with van der Waals surface area (Å²) in [4.78, 5) is 0. The molecule has 0 fully saturated rings. The molecule has 2 heteroatoms. The zero-order valence-electron chi connectivity index (χ0n) is 8.29. The van der Waals surface area contributed by atoms with Crippen LogP contribution in [0.25, 0.3) is 0 Å². The van der Waals surface area contributed by atoms with Crippen molar-refractivity contribution in [2.45, 2.75) is 6.85 Å². The second kappa shape index (κ2) is 1.97. The Bertz CT molecular complexity index is 302. The topological polar surface area (TPSA) is 0 Å². The van der Waals surface area contributed by atoms with Gasteiger partial charge in [0.05, 0.1) is 6.53 Å². The third-order valence-corrected chi connectivity index (χ3v) is 1.74. The van der Waals surface area contributed by atoms with Gasteiger partial charge in [0.1, 0.15) is 0 Å². The molecule has 0 radical (unpaired) electrons. The summed E-state index contributed by atoms with van der Waals surface area (Å²) in [6.07, 6.45) is 0. The maximum atomic E-state index is 7.36. The van der Waals surface area contributed by atoms with Gasteiger partial charge in [0.15, 0.2) is 0 Å². The third kappa shape index (κ3) is 1.28. The van der Waals surface area contributed by atoms with Crippen molar-refractivity contribution in [2.24, 2.45) is 0 Å². The van der Waals surface area contributed by atoms with Crippen LogP contribution in [0.15, 0.2) is 15.2 Å². The predicted octanol–water partition coefficient (Wildman–Crippen LogP) is 2.82. The van der Waals surface area contributed by atoms with Crippen molar-refractivity contribution in [1.82, 2.24) is 0 Å². The van der Waals surface area contributed by atoms with Gasteiger partial charge in [-0.25, -0.2) is 0 Å². The quantitative estimate of drug-likeness (QED) is 0.578. The van der Waals surface area contributed by atoms with Crippen LogP contribution >= 0.6 is 27.3 Å². The maximum Gasteiger partial charge on any atom is 0.0743 e. The molecule has 0 saturated carbocycles. The standard InChI is InChI=1S/C5H5BrS/c1-4-2-5(6)7-3-4/h2-3H,1H3/i1D3,2D,3D.